The SMILES string of the molecule is O=C(c1sc(Nc2ccccc2)nc1-c1ccccc1)c1c[nH]c2ccccc12. The molecule has 4 nitrogen and oxygen atoms in total. The molecule has 0 saturated carbocycles. The highest BCUT2D eigenvalue weighted by molar-refractivity contribution is 7.18. The Bertz CT molecular complexity index is 1290. The lowest BCUT2D eigenvalue weighted by Crippen LogP contribution is -2.00. The van der Waals surface area contributed by atoms with Crippen molar-refractivity contribution in [3.63, 3.8) is 0 Å². The van der Waals surface area contributed by atoms with Crippen LogP contribution >= 0.6 is 11.3 Å². The number of hydrogen-bond donors (Lipinski definition) is 2. The minimum Gasteiger partial charge on any atom is -0.360 e. The van der Waals surface area contributed by atoms with Crippen LogP contribution in [0, 0.1) is 0 Å². The molecule has 5 aromatic rings. The van der Waals surface area contributed by atoms with Gasteiger partial charge in [-0.3, -0.25) is 4.79 Å². The van der Waals surface area contributed by atoms with Crippen LogP contribution < -0.4 is 5.32 Å². The van der Waals surface area contributed by atoms with Crippen LogP contribution in [0.15, 0.2) is 91.1 Å². The third-order valence-electron chi connectivity index (χ3n) is 4.74. The lowest BCUT2D eigenvalue weighted by Gasteiger charge is -2.01. The van der Waals surface area contributed by atoms with Gasteiger partial charge in [0.1, 0.15) is 4.88 Å². The van der Waals surface area contributed by atoms with Crippen LogP contribution in [0.2, 0.25) is 0 Å². The first kappa shape index (κ1) is 17.4. The summed E-state index contributed by atoms with van der Waals surface area (Å²) in [7, 11) is 0. The normalized spacial score (nSPS) is 10.9. The molecular formula is C24H17N3OS. The Morgan fingerprint density at radius 3 is 2.34 bits per heavy atom. The van der Waals surface area contributed by atoms with Gasteiger partial charge in [-0.05, 0) is 18.2 Å². The zero-order valence-electron chi connectivity index (χ0n) is 15.4. The van der Waals surface area contributed by atoms with Crippen molar-refractivity contribution >= 4 is 38.8 Å². The Kier molecular flexibility index (Phi) is 4.42. The van der Waals surface area contributed by atoms with E-state index in [9.17, 15) is 4.79 Å². The van der Waals surface area contributed by atoms with Gasteiger partial charge in [0.25, 0.3) is 0 Å². The number of carbonyl (C=O) groups is 1. The highest BCUT2D eigenvalue weighted by Crippen LogP contribution is 2.35. The largest absolute Gasteiger partial charge is 0.360 e. The van der Waals surface area contributed by atoms with Gasteiger partial charge in [-0.25, -0.2) is 4.98 Å². The molecule has 0 atom stereocenters. The van der Waals surface area contributed by atoms with E-state index in [1.165, 1.54) is 11.3 Å². The summed E-state index contributed by atoms with van der Waals surface area (Å²) in [6.45, 7) is 0. The van der Waals surface area contributed by atoms with Crippen molar-refractivity contribution in [2.24, 2.45) is 0 Å². The quantitative estimate of drug-likeness (QED) is 0.345. The number of benzene rings is 3. The summed E-state index contributed by atoms with van der Waals surface area (Å²) in [5, 5.41) is 4.93. The van der Waals surface area contributed by atoms with E-state index < -0.39 is 0 Å². The van der Waals surface area contributed by atoms with Gasteiger partial charge in [0.15, 0.2) is 5.13 Å². The number of ketones is 1. The lowest BCUT2D eigenvalue weighted by atomic mass is 10.0. The second-order valence-corrected chi connectivity index (χ2v) is 7.63. The second-order valence-electron chi connectivity index (χ2n) is 6.63. The number of carbonyl (C=O) groups excluding carboxylic acids is 1. The van der Waals surface area contributed by atoms with Crippen LogP contribution in [0.3, 0.4) is 0 Å². The predicted molar refractivity (Wildman–Crippen MR) is 119 cm³/mol. The van der Waals surface area contributed by atoms with E-state index in [-0.39, 0.29) is 5.78 Å². The van der Waals surface area contributed by atoms with Crippen molar-refractivity contribution in [2.75, 3.05) is 5.32 Å². The van der Waals surface area contributed by atoms with E-state index in [1.54, 1.807) is 6.20 Å². The van der Waals surface area contributed by atoms with Gasteiger partial charge >= 0.3 is 0 Å². The van der Waals surface area contributed by atoms with Crippen molar-refractivity contribution in [3.8, 4) is 11.3 Å². The fraction of sp³-hybridized carbons (Fsp3) is 0. The van der Waals surface area contributed by atoms with Gasteiger partial charge in [-0.2, -0.15) is 0 Å². The summed E-state index contributed by atoms with van der Waals surface area (Å²) in [5.74, 6) is -0.0279. The average Bonchev–Trinajstić information content (AvgIpc) is 3.39. The monoisotopic (exact) mass is 395 g/mol. The molecule has 2 N–H and O–H groups in total. The maximum Gasteiger partial charge on any atom is 0.207 e. The van der Waals surface area contributed by atoms with E-state index in [0.717, 1.165) is 22.2 Å². The Morgan fingerprint density at radius 1 is 0.862 bits per heavy atom. The average molecular weight is 395 g/mol. The number of aromatic nitrogens is 2. The lowest BCUT2D eigenvalue weighted by molar-refractivity contribution is 0.104. The number of hydrogen-bond acceptors (Lipinski definition) is 4. The van der Waals surface area contributed by atoms with Gasteiger partial charge in [0.05, 0.1) is 5.69 Å². The van der Waals surface area contributed by atoms with E-state index >= 15 is 0 Å². The smallest absolute Gasteiger partial charge is 0.207 e. The molecule has 0 spiro atoms. The van der Waals surface area contributed by atoms with Crippen LogP contribution in [-0.2, 0) is 0 Å². The number of fused-ring (bicyclic) bond motifs is 1. The Labute approximate surface area is 171 Å². The van der Waals surface area contributed by atoms with Gasteiger partial charge in [-0.15, -0.1) is 0 Å². The minimum absolute atomic E-state index is 0.0279. The Hall–Kier alpha value is -3.70. The first-order valence-electron chi connectivity index (χ1n) is 9.29. The second kappa shape index (κ2) is 7.37. The van der Waals surface area contributed by atoms with E-state index in [0.29, 0.717) is 21.3 Å². The topological polar surface area (TPSA) is 57.8 Å². The summed E-state index contributed by atoms with van der Waals surface area (Å²) >= 11 is 1.38. The fourth-order valence-electron chi connectivity index (χ4n) is 3.35. The molecule has 5 heteroatoms. The molecule has 0 aliphatic heterocycles. The maximum absolute atomic E-state index is 13.5. The van der Waals surface area contributed by atoms with Crippen molar-refractivity contribution in [3.05, 3.63) is 102 Å². The number of nitrogens with one attached hydrogen (secondary N) is 2. The summed E-state index contributed by atoms with van der Waals surface area (Å²) in [6, 6.07) is 27.5. The van der Waals surface area contributed by atoms with Gasteiger partial charge < -0.3 is 10.3 Å². The summed E-state index contributed by atoms with van der Waals surface area (Å²) < 4.78 is 0. The maximum atomic E-state index is 13.5. The van der Waals surface area contributed by atoms with Crippen molar-refractivity contribution in [1.29, 1.82) is 0 Å². The molecule has 0 radical (unpaired) electrons. The van der Waals surface area contributed by atoms with Gasteiger partial charge in [0, 0.05) is 33.9 Å². The molecule has 140 valence electrons. The van der Waals surface area contributed by atoms with Crippen LogP contribution in [0.4, 0.5) is 10.8 Å². The molecule has 29 heavy (non-hydrogen) atoms. The molecule has 0 unspecified atom stereocenters. The first-order chi connectivity index (χ1) is 14.3. The third-order valence-corrected chi connectivity index (χ3v) is 5.71. The molecule has 5 rings (SSSR count). The van der Waals surface area contributed by atoms with E-state index in [4.69, 9.17) is 4.98 Å². The number of anilines is 2. The summed E-state index contributed by atoms with van der Waals surface area (Å²) in [5.41, 5.74) is 4.17. The molecular weight excluding hydrogens is 378 g/mol. The number of para-hydroxylation sites is 2. The third kappa shape index (κ3) is 3.32. The summed E-state index contributed by atoms with van der Waals surface area (Å²) in [4.78, 5) is 22.1. The molecule has 3 aromatic carbocycles. The number of H-pyrrole nitrogens is 1. The zero-order chi connectivity index (χ0) is 19.6. The zero-order valence-corrected chi connectivity index (χ0v) is 16.2. The molecule has 2 aromatic heterocycles. The van der Waals surface area contributed by atoms with Crippen molar-refractivity contribution < 1.29 is 4.79 Å². The van der Waals surface area contributed by atoms with Gasteiger partial charge in [0.2, 0.25) is 5.78 Å². The van der Waals surface area contributed by atoms with Crippen molar-refractivity contribution in [1.82, 2.24) is 9.97 Å². The van der Waals surface area contributed by atoms with Crippen LogP contribution in [0.1, 0.15) is 15.2 Å². The highest BCUT2D eigenvalue weighted by Gasteiger charge is 2.23. The molecule has 0 aliphatic carbocycles. The van der Waals surface area contributed by atoms with E-state index in [2.05, 4.69) is 10.3 Å². The highest BCUT2D eigenvalue weighted by atomic mass is 32.1. The Balaban J connectivity index is 1.61. The van der Waals surface area contributed by atoms with Gasteiger partial charge in [-0.1, -0.05) is 78.1 Å². The summed E-state index contributed by atoms with van der Waals surface area (Å²) in [6.07, 6.45) is 1.78. The number of aromatic amines is 1. The van der Waals surface area contributed by atoms with Crippen LogP contribution in [0.25, 0.3) is 22.2 Å². The van der Waals surface area contributed by atoms with Crippen molar-refractivity contribution in [2.45, 2.75) is 0 Å². The minimum atomic E-state index is -0.0279. The molecule has 0 aliphatic rings. The van der Waals surface area contributed by atoms with E-state index in [1.807, 2.05) is 84.9 Å². The number of nitrogens with zero attached hydrogens (tertiary/aromatic N) is 1. The standard InChI is InChI=1S/C24H17N3OS/c28-22(19-15-25-20-14-8-7-13-18(19)20)23-21(16-9-3-1-4-10-16)27-24(29-23)26-17-11-5-2-6-12-17/h1-15,25H,(H,26,27). The molecule has 0 bridgehead atoms. The molecule has 0 saturated heterocycles. The molecule has 2 heterocycles. The fourth-order valence-corrected chi connectivity index (χ4v) is 4.31. The predicted octanol–water partition coefficient (Wildman–Crippen LogP) is 6.27. The Morgan fingerprint density at radius 2 is 1.55 bits per heavy atom. The van der Waals surface area contributed by atoms with Crippen LogP contribution in [0.5, 0.6) is 0 Å². The number of rotatable bonds is 5. The number of thiazole rings is 1. The first-order valence-corrected chi connectivity index (χ1v) is 10.1. The molecule has 0 fully saturated rings. The van der Waals surface area contributed by atoms with Crippen LogP contribution in [-0.4, -0.2) is 15.8 Å². The molecule has 0 amide bonds.